The number of primary amides is 1. The lowest BCUT2D eigenvalue weighted by molar-refractivity contribution is -0.119. The summed E-state index contributed by atoms with van der Waals surface area (Å²) < 4.78 is 0. The molecule has 0 spiro atoms. The quantitative estimate of drug-likeness (QED) is 0.940. The fourth-order valence-electron chi connectivity index (χ4n) is 3.59. The molecule has 1 heterocycles. The van der Waals surface area contributed by atoms with E-state index in [-0.39, 0.29) is 5.91 Å². The van der Waals surface area contributed by atoms with Crippen LogP contribution in [-0.2, 0) is 11.3 Å². The number of nitrogens with zero attached hydrogens (tertiary/aromatic N) is 1. The minimum atomic E-state index is -0.188. The molecule has 0 aliphatic carbocycles. The summed E-state index contributed by atoms with van der Waals surface area (Å²) in [6.07, 6.45) is 3.96. The molecule has 1 atom stereocenters. The Kier molecular flexibility index (Phi) is 4.44. The minimum Gasteiger partial charge on any atom is -0.370 e. The van der Waals surface area contributed by atoms with Gasteiger partial charge in [0.25, 0.3) is 0 Å². The number of hydrogen-bond acceptors (Lipinski definition) is 2. The molecule has 1 amide bonds. The Balaban J connectivity index is 1.91. The van der Waals surface area contributed by atoms with Gasteiger partial charge in [-0.25, -0.2) is 0 Å². The summed E-state index contributed by atoms with van der Waals surface area (Å²) in [5, 5.41) is 2.61. The standard InChI is InChI=1S/C19H24N2O/c1-14-9-10-15-6-2-3-8-17(15)18(14)13-21-11-5-4-7-16(21)12-19(20)22/h2-3,6,8-10,16H,4-5,7,11-13H2,1H3,(H2,20,22). The van der Waals surface area contributed by atoms with Crippen molar-refractivity contribution in [2.24, 2.45) is 5.73 Å². The van der Waals surface area contributed by atoms with E-state index in [1.165, 1.54) is 34.7 Å². The summed E-state index contributed by atoms with van der Waals surface area (Å²) in [6, 6.07) is 13.2. The van der Waals surface area contributed by atoms with Crippen molar-refractivity contribution in [2.75, 3.05) is 6.54 Å². The van der Waals surface area contributed by atoms with Gasteiger partial charge in [0.2, 0.25) is 5.91 Å². The van der Waals surface area contributed by atoms with Crippen molar-refractivity contribution in [3.8, 4) is 0 Å². The average molecular weight is 296 g/mol. The van der Waals surface area contributed by atoms with Gasteiger partial charge in [0.15, 0.2) is 0 Å². The summed E-state index contributed by atoms with van der Waals surface area (Å²) in [7, 11) is 0. The zero-order valence-electron chi connectivity index (χ0n) is 13.2. The Morgan fingerprint density at radius 1 is 1.23 bits per heavy atom. The first kappa shape index (κ1) is 15.0. The number of nitrogens with two attached hydrogens (primary N) is 1. The predicted molar refractivity (Wildman–Crippen MR) is 90.5 cm³/mol. The number of carbonyl (C=O) groups excluding carboxylic acids is 1. The van der Waals surface area contributed by atoms with E-state index in [0.29, 0.717) is 12.5 Å². The molecule has 22 heavy (non-hydrogen) atoms. The lowest BCUT2D eigenvalue weighted by Crippen LogP contribution is -2.41. The van der Waals surface area contributed by atoms with Crippen LogP contribution in [0, 0.1) is 6.92 Å². The Morgan fingerprint density at radius 2 is 2.05 bits per heavy atom. The van der Waals surface area contributed by atoms with Crippen LogP contribution in [0.1, 0.15) is 36.8 Å². The van der Waals surface area contributed by atoms with Crippen LogP contribution in [0.2, 0.25) is 0 Å². The van der Waals surface area contributed by atoms with E-state index in [9.17, 15) is 4.79 Å². The van der Waals surface area contributed by atoms with Crippen LogP contribution in [-0.4, -0.2) is 23.4 Å². The van der Waals surface area contributed by atoms with Crippen LogP contribution >= 0.6 is 0 Å². The Labute approximate surface area is 132 Å². The fourth-order valence-corrected chi connectivity index (χ4v) is 3.59. The number of likely N-dealkylation sites (tertiary alicyclic amines) is 1. The molecule has 1 unspecified atom stereocenters. The van der Waals surface area contributed by atoms with Crippen molar-refractivity contribution in [2.45, 2.75) is 45.2 Å². The number of rotatable bonds is 4. The lowest BCUT2D eigenvalue weighted by atomic mass is 9.95. The highest BCUT2D eigenvalue weighted by Gasteiger charge is 2.24. The van der Waals surface area contributed by atoms with Crippen LogP contribution in [0.3, 0.4) is 0 Å². The number of piperidine rings is 1. The summed E-state index contributed by atoms with van der Waals surface area (Å²) in [5.41, 5.74) is 8.14. The highest BCUT2D eigenvalue weighted by molar-refractivity contribution is 5.86. The topological polar surface area (TPSA) is 46.3 Å². The molecule has 2 aromatic carbocycles. The Hall–Kier alpha value is -1.87. The van der Waals surface area contributed by atoms with Crippen LogP contribution < -0.4 is 5.73 Å². The highest BCUT2D eigenvalue weighted by atomic mass is 16.1. The summed E-state index contributed by atoms with van der Waals surface area (Å²) >= 11 is 0. The van der Waals surface area contributed by atoms with Crippen molar-refractivity contribution in [1.82, 2.24) is 4.90 Å². The first-order chi connectivity index (χ1) is 10.6. The third-order valence-electron chi connectivity index (χ3n) is 4.82. The SMILES string of the molecule is Cc1ccc2ccccc2c1CN1CCCCC1CC(N)=O. The lowest BCUT2D eigenvalue weighted by Gasteiger charge is -2.35. The van der Waals surface area contributed by atoms with E-state index in [0.717, 1.165) is 19.5 Å². The zero-order chi connectivity index (χ0) is 15.5. The van der Waals surface area contributed by atoms with Gasteiger partial charge in [-0.2, -0.15) is 0 Å². The predicted octanol–water partition coefficient (Wildman–Crippen LogP) is 3.38. The molecule has 3 nitrogen and oxygen atoms in total. The molecule has 3 rings (SSSR count). The van der Waals surface area contributed by atoms with Crippen molar-refractivity contribution in [3.05, 3.63) is 47.5 Å². The van der Waals surface area contributed by atoms with Crippen LogP contribution in [0.5, 0.6) is 0 Å². The van der Waals surface area contributed by atoms with E-state index in [1.807, 2.05) is 0 Å². The van der Waals surface area contributed by atoms with Gasteiger partial charge in [0.1, 0.15) is 0 Å². The third kappa shape index (κ3) is 3.14. The molecule has 0 bridgehead atoms. The van der Waals surface area contributed by atoms with Crippen molar-refractivity contribution >= 4 is 16.7 Å². The average Bonchev–Trinajstić information content (AvgIpc) is 2.51. The molecule has 1 aliphatic heterocycles. The van der Waals surface area contributed by atoms with E-state index < -0.39 is 0 Å². The van der Waals surface area contributed by atoms with E-state index in [4.69, 9.17) is 5.73 Å². The number of carbonyl (C=O) groups is 1. The molecule has 0 radical (unpaired) electrons. The molecular formula is C19H24N2O. The second-order valence-electron chi connectivity index (χ2n) is 6.37. The van der Waals surface area contributed by atoms with E-state index in [1.54, 1.807) is 0 Å². The normalized spacial score (nSPS) is 19.4. The van der Waals surface area contributed by atoms with Crippen LogP contribution in [0.25, 0.3) is 10.8 Å². The number of amides is 1. The zero-order valence-corrected chi connectivity index (χ0v) is 13.2. The molecule has 2 aromatic rings. The second kappa shape index (κ2) is 6.49. The summed E-state index contributed by atoms with van der Waals surface area (Å²) in [6.45, 7) is 4.14. The number of aryl methyl sites for hydroxylation is 1. The number of fused-ring (bicyclic) bond motifs is 1. The van der Waals surface area contributed by atoms with Crippen LogP contribution in [0.4, 0.5) is 0 Å². The van der Waals surface area contributed by atoms with Crippen molar-refractivity contribution < 1.29 is 4.79 Å². The van der Waals surface area contributed by atoms with Crippen molar-refractivity contribution in [3.63, 3.8) is 0 Å². The highest BCUT2D eigenvalue weighted by Crippen LogP contribution is 2.27. The van der Waals surface area contributed by atoms with Gasteiger partial charge in [0.05, 0.1) is 0 Å². The molecule has 0 saturated carbocycles. The van der Waals surface area contributed by atoms with Gasteiger partial charge in [0, 0.05) is 19.0 Å². The number of benzene rings is 2. The first-order valence-corrected chi connectivity index (χ1v) is 8.15. The number of hydrogen-bond donors (Lipinski definition) is 1. The largest absolute Gasteiger partial charge is 0.370 e. The summed E-state index contributed by atoms with van der Waals surface area (Å²) in [5.74, 6) is -0.188. The summed E-state index contributed by atoms with van der Waals surface area (Å²) in [4.78, 5) is 13.8. The molecule has 1 fully saturated rings. The minimum absolute atomic E-state index is 0.188. The van der Waals surface area contributed by atoms with Gasteiger partial charge < -0.3 is 5.73 Å². The maximum absolute atomic E-state index is 11.3. The maximum Gasteiger partial charge on any atom is 0.218 e. The fraction of sp³-hybridized carbons (Fsp3) is 0.421. The van der Waals surface area contributed by atoms with Gasteiger partial charge in [-0.1, -0.05) is 42.8 Å². The Morgan fingerprint density at radius 3 is 2.86 bits per heavy atom. The van der Waals surface area contributed by atoms with E-state index in [2.05, 4.69) is 48.2 Å². The molecule has 1 saturated heterocycles. The molecule has 2 N–H and O–H groups in total. The molecule has 0 aromatic heterocycles. The molecule has 116 valence electrons. The van der Waals surface area contributed by atoms with Gasteiger partial charge in [-0.05, 0) is 48.2 Å². The second-order valence-corrected chi connectivity index (χ2v) is 6.37. The van der Waals surface area contributed by atoms with E-state index >= 15 is 0 Å². The molecule has 1 aliphatic rings. The van der Waals surface area contributed by atoms with Gasteiger partial charge >= 0.3 is 0 Å². The molecule has 3 heteroatoms. The van der Waals surface area contributed by atoms with Gasteiger partial charge in [-0.15, -0.1) is 0 Å². The monoisotopic (exact) mass is 296 g/mol. The Bertz CT molecular complexity index is 680. The maximum atomic E-state index is 11.3. The van der Waals surface area contributed by atoms with Crippen LogP contribution in [0.15, 0.2) is 36.4 Å². The molecular weight excluding hydrogens is 272 g/mol. The van der Waals surface area contributed by atoms with Crippen molar-refractivity contribution in [1.29, 1.82) is 0 Å². The smallest absolute Gasteiger partial charge is 0.218 e. The first-order valence-electron chi connectivity index (χ1n) is 8.15. The third-order valence-corrected chi connectivity index (χ3v) is 4.82. The van der Waals surface area contributed by atoms with Gasteiger partial charge in [-0.3, -0.25) is 9.69 Å².